The molecule has 74 valence electrons. The first-order valence-electron chi connectivity index (χ1n) is 3.73. The molecule has 0 aliphatic rings. The molecule has 1 aromatic carbocycles. The zero-order chi connectivity index (χ0) is 10.7. The van der Waals surface area contributed by atoms with Crippen LogP contribution in [0.25, 0.3) is 0 Å². The van der Waals surface area contributed by atoms with Gasteiger partial charge in [0, 0.05) is 11.6 Å². The number of halogens is 1. The number of carbonyl (C=O) groups excluding carboxylic acids is 1. The Morgan fingerprint density at radius 3 is 2.71 bits per heavy atom. The second-order valence-electron chi connectivity index (χ2n) is 2.55. The SMILES string of the molecule is NCC(=O)c1ccc(Cl)c([N+](=O)[O-])c1. The molecule has 1 rings (SSSR count). The van der Waals surface area contributed by atoms with E-state index in [0.717, 1.165) is 6.07 Å². The minimum Gasteiger partial charge on any atom is -0.324 e. The number of ketones is 1. The number of nitrogens with zero attached hydrogens (tertiary/aromatic N) is 1. The zero-order valence-electron chi connectivity index (χ0n) is 7.07. The first-order chi connectivity index (χ1) is 6.56. The van der Waals surface area contributed by atoms with Crippen molar-refractivity contribution in [2.24, 2.45) is 5.73 Å². The highest BCUT2D eigenvalue weighted by Gasteiger charge is 2.15. The summed E-state index contributed by atoms with van der Waals surface area (Å²) in [6.07, 6.45) is 0. The third kappa shape index (κ3) is 2.07. The van der Waals surface area contributed by atoms with Gasteiger partial charge in [-0.1, -0.05) is 11.6 Å². The molecule has 0 aliphatic carbocycles. The largest absolute Gasteiger partial charge is 0.324 e. The molecule has 0 saturated carbocycles. The fourth-order valence-corrected chi connectivity index (χ4v) is 1.13. The maximum absolute atomic E-state index is 11.1. The van der Waals surface area contributed by atoms with Crippen LogP contribution in [0.15, 0.2) is 18.2 Å². The van der Waals surface area contributed by atoms with Crippen LogP contribution in [0.5, 0.6) is 0 Å². The lowest BCUT2D eigenvalue weighted by atomic mass is 10.1. The van der Waals surface area contributed by atoms with E-state index in [-0.39, 0.29) is 28.6 Å². The molecule has 5 nitrogen and oxygen atoms in total. The molecular weight excluding hydrogens is 208 g/mol. The van der Waals surface area contributed by atoms with E-state index in [9.17, 15) is 14.9 Å². The van der Waals surface area contributed by atoms with Crippen LogP contribution in [0, 0.1) is 10.1 Å². The van der Waals surface area contributed by atoms with Crippen LogP contribution in [-0.4, -0.2) is 17.3 Å². The number of hydrogen-bond acceptors (Lipinski definition) is 4. The van der Waals surface area contributed by atoms with Gasteiger partial charge in [0.05, 0.1) is 11.5 Å². The van der Waals surface area contributed by atoms with Crippen molar-refractivity contribution in [3.63, 3.8) is 0 Å². The molecule has 0 unspecified atom stereocenters. The van der Waals surface area contributed by atoms with Crippen molar-refractivity contribution in [3.05, 3.63) is 38.9 Å². The lowest BCUT2D eigenvalue weighted by molar-refractivity contribution is -0.384. The number of benzene rings is 1. The Bertz CT molecular complexity index is 392. The molecule has 0 saturated heterocycles. The van der Waals surface area contributed by atoms with Crippen molar-refractivity contribution in [2.45, 2.75) is 0 Å². The molecule has 0 spiro atoms. The van der Waals surface area contributed by atoms with Crippen LogP contribution in [0.1, 0.15) is 10.4 Å². The first-order valence-corrected chi connectivity index (χ1v) is 4.11. The topological polar surface area (TPSA) is 86.2 Å². The quantitative estimate of drug-likeness (QED) is 0.468. The second-order valence-corrected chi connectivity index (χ2v) is 2.96. The molecule has 14 heavy (non-hydrogen) atoms. The van der Waals surface area contributed by atoms with Gasteiger partial charge in [-0.2, -0.15) is 0 Å². The predicted molar refractivity (Wildman–Crippen MR) is 51.5 cm³/mol. The summed E-state index contributed by atoms with van der Waals surface area (Å²) >= 11 is 5.55. The third-order valence-electron chi connectivity index (χ3n) is 1.65. The minimum absolute atomic E-state index is 0.00331. The van der Waals surface area contributed by atoms with Crippen molar-refractivity contribution in [1.82, 2.24) is 0 Å². The van der Waals surface area contributed by atoms with Crippen LogP contribution < -0.4 is 5.73 Å². The van der Waals surface area contributed by atoms with Crippen molar-refractivity contribution < 1.29 is 9.72 Å². The van der Waals surface area contributed by atoms with Crippen molar-refractivity contribution in [1.29, 1.82) is 0 Å². The molecule has 0 fully saturated rings. The summed E-state index contributed by atoms with van der Waals surface area (Å²) < 4.78 is 0. The molecule has 0 heterocycles. The molecule has 0 radical (unpaired) electrons. The molecule has 1 aromatic rings. The third-order valence-corrected chi connectivity index (χ3v) is 1.97. The van der Waals surface area contributed by atoms with E-state index >= 15 is 0 Å². The van der Waals surface area contributed by atoms with Gasteiger partial charge in [-0.15, -0.1) is 0 Å². The molecular formula is C8H7ClN2O3. The van der Waals surface area contributed by atoms with Gasteiger partial charge in [-0.05, 0) is 12.1 Å². The Hall–Kier alpha value is -1.46. The highest BCUT2D eigenvalue weighted by Crippen LogP contribution is 2.24. The van der Waals surface area contributed by atoms with Crippen molar-refractivity contribution >= 4 is 23.1 Å². The summed E-state index contributed by atoms with van der Waals surface area (Å²) in [6, 6.07) is 3.84. The summed E-state index contributed by atoms with van der Waals surface area (Å²) in [5.74, 6) is -0.357. The summed E-state index contributed by atoms with van der Waals surface area (Å²) in [5.41, 5.74) is 5.03. The standard InChI is InChI=1S/C8H7ClN2O3/c9-6-2-1-5(8(12)4-10)3-7(6)11(13)14/h1-3H,4,10H2. The molecule has 0 bridgehead atoms. The number of nitrogens with two attached hydrogens (primary N) is 1. The van der Waals surface area contributed by atoms with Crippen molar-refractivity contribution in [2.75, 3.05) is 6.54 Å². The summed E-state index contributed by atoms with van der Waals surface area (Å²) in [6.45, 7) is -0.182. The maximum atomic E-state index is 11.1. The number of nitro benzene ring substituents is 1. The van der Waals surface area contributed by atoms with Gasteiger partial charge in [-0.3, -0.25) is 14.9 Å². The van der Waals surface area contributed by atoms with E-state index in [1.807, 2.05) is 0 Å². The van der Waals surface area contributed by atoms with E-state index in [0.29, 0.717) is 0 Å². The second kappa shape index (κ2) is 4.17. The number of nitro groups is 1. The Morgan fingerprint density at radius 1 is 1.57 bits per heavy atom. The van der Waals surface area contributed by atoms with Gasteiger partial charge < -0.3 is 5.73 Å². The summed E-state index contributed by atoms with van der Waals surface area (Å²) in [5, 5.41) is 10.5. The van der Waals surface area contributed by atoms with Gasteiger partial charge >= 0.3 is 0 Å². The van der Waals surface area contributed by atoms with Crippen molar-refractivity contribution in [3.8, 4) is 0 Å². The van der Waals surface area contributed by atoms with Crippen LogP contribution in [0.2, 0.25) is 5.02 Å². The lowest BCUT2D eigenvalue weighted by Gasteiger charge is -1.99. The normalized spacial score (nSPS) is 9.86. The molecule has 0 amide bonds. The van der Waals surface area contributed by atoms with E-state index < -0.39 is 4.92 Å². The van der Waals surface area contributed by atoms with Gasteiger partial charge in [0.1, 0.15) is 5.02 Å². The average Bonchev–Trinajstić information content (AvgIpc) is 2.17. The fourth-order valence-electron chi connectivity index (χ4n) is 0.944. The Labute approximate surface area is 84.6 Å². The van der Waals surface area contributed by atoms with Gasteiger partial charge in [0.15, 0.2) is 5.78 Å². The van der Waals surface area contributed by atoms with Crippen LogP contribution in [0.4, 0.5) is 5.69 Å². The highest BCUT2D eigenvalue weighted by atomic mass is 35.5. The fraction of sp³-hybridized carbons (Fsp3) is 0.125. The highest BCUT2D eigenvalue weighted by molar-refractivity contribution is 6.32. The van der Waals surface area contributed by atoms with Crippen LogP contribution in [-0.2, 0) is 0 Å². The Morgan fingerprint density at radius 2 is 2.21 bits per heavy atom. The molecule has 0 aliphatic heterocycles. The Balaban J connectivity index is 3.19. The van der Waals surface area contributed by atoms with Crippen LogP contribution >= 0.6 is 11.6 Å². The van der Waals surface area contributed by atoms with E-state index in [1.54, 1.807) is 0 Å². The summed E-state index contributed by atoms with van der Waals surface area (Å²) in [4.78, 5) is 20.9. The van der Waals surface area contributed by atoms with Gasteiger partial charge in [0.2, 0.25) is 0 Å². The number of rotatable bonds is 3. The zero-order valence-corrected chi connectivity index (χ0v) is 7.82. The van der Waals surface area contributed by atoms with Gasteiger partial charge in [-0.25, -0.2) is 0 Å². The number of carbonyl (C=O) groups is 1. The van der Waals surface area contributed by atoms with Crippen LogP contribution in [0.3, 0.4) is 0 Å². The lowest BCUT2D eigenvalue weighted by Crippen LogP contribution is -2.13. The average molecular weight is 215 g/mol. The molecule has 6 heteroatoms. The number of Topliss-reactive ketones (excluding diaryl/α,β-unsaturated/α-hetero) is 1. The van der Waals surface area contributed by atoms with E-state index in [2.05, 4.69) is 0 Å². The summed E-state index contributed by atoms with van der Waals surface area (Å²) in [7, 11) is 0. The number of hydrogen-bond donors (Lipinski definition) is 1. The van der Waals surface area contributed by atoms with E-state index in [1.165, 1.54) is 12.1 Å². The smallest absolute Gasteiger partial charge is 0.288 e. The van der Waals surface area contributed by atoms with Gasteiger partial charge in [0.25, 0.3) is 5.69 Å². The molecule has 0 aromatic heterocycles. The minimum atomic E-state index is -0.643. The first kappa shape index (κ1) is 10.6. The molecule has 0 atom stereocenters. The maximum Gasteiger partial charge on any atom is 0.288 e. The van der Waals surface area contributed by atoms with E-state index in [4.69, 9.17) is 17.3 Å². The Kier molecular flexibility index (Phi) is 3.16. The monoisotopic (exact) mass is 214 g/mol. The predicted octanol–water partition coefficient (Wildman–Crippen LogP) is 1.39. The molecule has 2 N–H and O–H groups in total.